The van der Waals surface area contributed by atoms with Crippen molar-refractivity contribution in [3.63, 3.8) is 0 Å². The molecule has 5 nitrogen and oxygen atoms in total. The Morgan fingerprint density at radius 1 is 1.57 bits per heavy atom. The Hall–Kier alpha value is -1.49. The topological polar surface area (TPSA) is 74.5 Å². The lowest BCUT2D eigenvalue weighted by molar-refractivity contribution is 0.0638. The van der Waals surface area contributed by atoms with E-state index >= 15 is 0 Å². The number of nitrogens with one attached hydrogen (secondary N) is 1. The highest BCUT2D eigenvalue weighted by atomic mass is 16.5. The first-order chi connectivity index (χ1) is 6.63. The number of hydrogen-bond acceptors (Lipinski definition) is 3. The van der Waals surface area contributed by atoms with E-state index in [4.69, 9.17) is 5.11 Å². The maximum Gasteiger partial charge on any atom is 0.356 e. The van der Waals surface area contributed by atoms with Gasteiger partial charge in [-0.2, -0.15) is 4.73 Å². The normalized spacial score (nSPS) is 15.2. The summed E-state index contributed by atoms with van der Waals surface area (Å²) in [6.07, 6.45) is 0.667. The molecule has 0 bridgehead atoms. The second kappa shape index (κ2) is 3.02. The predicted molar refractivity (Wildman–Crippen MR) is 48.7 cm³/mol. The molecule has 0 atom stereocenters. The Morgan fingerprint density at radius 2 is 2.29 bits per heavy atom. The van der Waals surface area contributed by atoms with E-state index in [-0.39, 0.29) is 5.69 Å². The molecule has 0 amide bonds. The monoisotopic (exact) mass is 196 g/mol. The van der Waals surface area contributed by atoms with Gasteiger partial charge in [-0.25, -0.2) is 4.79 Å². The number of rotatable bonds is 1. The molecule has 0 saturated heterocycles. The van der Waals surface area contributed by atoms with Crippen molar-refractivity contribution in [3.8, 4) is 0 Å². The van der Waals surface area contributed by atoms with Crippen molar-refractivity contribution >= 4 is 5.97 Å². The van der Waals surface area contributed by atoms with Crippen molar-refractivity contribution in [1.82, 2.24) is 10.0 Å². The summed E-state index contributed by atoms with van der Waals surface area (Å²) in [7, 11) is 0. The zero-order valence-corrected chi connectivity index (χ0v) is 7.87. The molecule has 5 heteroatoms. The maximum absolute atomic E-state index is 10.9. The third-order valence-electron chi connectivity index (χ3n) is 2.67. The second-order valence-corrected chi connectivity index (χ2v) is 3.44. The van der Waals surface area contributed by atoms with Gasteiger partial charge in [0.05, 0.1) is 5.69 Å². The Morgan fingerprint density at radius 3 is 2.86 bits per heavy atom. The van der Waals surface area contributed by atoms with E-state index in [1.807, 2.05) is 0 Å². The first-order valence-electron chi connectivity index (χ1n) is 4.49. The van der Waals surface area contributed by atoms with Gasteiger partial charge in [-0.05, 0) is 18.1 Å². The lowest BCUT2D eigenvalue weighted by Gasteiger charge is -2.13. The molecule has 1 aliphatic rings. The van der Waals surface area contributed by atoms with Gasteiger partial charge in [0.15, 0.2) is 5.69 Å². The van der Waals surface area contributed by atoms with E-state index in [0.29, 0.717) is 18.5 Å². The van der Waals surface area contributed by atoms with Crippen LogP contribution in [-0.4, -0.2) is 27.6 Å². The number of carboxylic acids is 1. The molecule has 0 radical (unpaired) electrons. The Bertz CT molecular complexity index is 366. The zero-order chi connectivity index (χ0) is 10.3. The number of hydrogen-bond donors (Lipinski definition) is 3. The Labute approximate surface area is 80.9 Å². The summed E-state index contributed by atoms with van der Waals surface area (Å²) >= 11 is 0. The van der Waals surface area contributed by atoms with E-state index in [1.165, 1.54) is 0 Å². The van der Waals surface area contributed by atoms with Crippen LogP contribution in [-0.2, 0) is 13.0 Å². The van der Waals surface area contributed by atoms with Gasteiger partial charge in [0, 0.05) is 19.5 Å². The largest absolute Gasteiger partial charge is 0.476 e. The summed E-state index contributed by atoms with van der Waals surface area (Å²) in [5.74, 6) is -1.08. The van der Waals surface area contributed by atoms with Crippen LogP contribution in [0.4, 0.5) is 0 Å². The molecular weight excluding hydrogens is 184 g/mol. The quantitative estimate of drug-likeness (QED) is 0.567. The van der Waals surface area contributed by atoms with Crippen LogP contribution >= 0.6 is 0 Å². The van der Waals surface area contributed by atoms with Crippen LogP contribution in [0.5, 0.6) is 0 Å². The molecule has 0 unspecified atom stereocenters. The average molecular weight is 196 g/mol. The Balaban J connectivity index is 2.63. The third kappa shape index (κ3) is 1.09. The fourth-order valence-electron chi connectivity index (χ4n) is 1.94. The minimum atomic E-state index is -1.08. The predicted octanol–water partition coefficient (Wildman–Crippen LogP) is 0.378. The molecular formula is C9H12N2O3. The third-order valence-corrected chi connectivity index (χ3v) is 2.67. The smallest absolute Gasteiger partial charge is 0.356 e. The number of carbonyl (C=O) groups is 1. The molecule has 0 fully saturated rings. The van der Waals surface area contributed by atoms with Gasteiger partial charge >= 0.3 is 5.97 Å². The van der Waals surface area contributed by atoms with E-state index in [9.17, 15) is 10.0 Å². The van der Waals surface area contributed by atoms with Crippen molar-refractivity contribution in [2.75, 3.05) is 6.54 Å². The molecule has 0 saturated carbocycles. The minimum absolute atomic E-state index is 0.0151. The van der Waals surface area contributed by atoms with E-state index in [1.54, 1.807) is 6.92 Å². The molecule has 76 valence electrons. The van der Waals surface area contributed by atoms with Crippen LogP contribution in [0.2, 0.25) is 0 Å². The number of carboxylic acid groups (broad SMARTS) is 1. The number of aromatic nitrogens is 1. The van der Waals surface area contributed by atoms with Crippen LogP contribution in [0.3, 0.4) is 0 Å². The van der Waals surface area contributed by atoms with Gasteiger partial charge in [0.1, 0.15) is 0 Å². The molecule has 1 aromatic heterocycles. The van der Waals surface area contributed by atoms with Crippen molar-refractivity contribution in [1.29, 1.82) is 0 Å². The molecule has 1 aromatic rings. The first-order valence-corrected chi connectivity index (χ1v) is 4.49. The van der Waals surface area contributed by atoms with Gasteiger partial charge < -0.3 is 15.6 Å². The molecule has 2 rings (SSSR count). The molecule has 14 heavy (non-hydrogen) atoms. The van der Waals surface area contributed by atoms with Gasteiger partial charge in [-0.3, -0.25) is 0 Å². The van der Waals surface area contributed by atoms with Gasteiger partial charge in [0.2, 0.25) is 0 Å². The first kappa shape index (κ1) is 9.08. The average Bonchev–Trinajstić information content (AvgIpc) is 2.41. The Kier molecular flexibility index (Phi) is 1.96. The van der Waals surface area contributed by atoms with Crippen molar-refractivity contribution in [2.45, 2.75) is 19.9 Å². The SMILES string of the molecule is Cc1c2c(n(O)c1C(=O)O)CCNC2. The van der Waals surface area contributed by atoms with Crippen molar-refractivity contribution in [2.24, 2.45) is 0 Å². The van der Waals surface area contributed by atoms with Gasteiger partial charge in [-0.1, -0.05) is 0 Å². The fraction of sp³-hybridized carbons (Fsp3) is 0.444. The lowest BCUT2D eigenvalue weighted by atomic mass is 10.1. The molecule has 0 aliphatic carbocycles. The second-order valence-electron chi connectivity index (χ2n) is 3.44. The number of aromatic carboxylic acids is 1. The van der Waals surface area contributed by atoms with Crippen LogP contribution < -0.4 is 5.32 Å². The fourth-order valence-corrected chi connectivity index (χ4v) is 1.94. The summed E-state index contributed by atoms with van der Waals surface area (Å²) in [5.41, 5.74) is 2.27. The van der Waals surface area contributed by atoms with Crippen LogP contribution in [0, 0.1) is 6.92 Å². The van der Waals surface area contributed by atoms with E-state index in [0.717, 1.165) is 22.5 Å². The van der Waals surface area contributed by atoms with Gasteiger partial charge in [-0.15, -0.1) is 0 Å². The molecule has 0 aromatic carbocycles. The summed E-state index contributed by atoms with van der Waals surface area (Å²) in [6, 6.07) is 0. The maximum atomic E-state index is 10.9. The lowest BCUT2D eigenvalue weighted by Crippen LogP contribution is -2.24. The van der Waals surface area contributed by atoms with Crippen molar-refractivity contribution in [3.05, 3.63) is 22.5 Å². The van der Waals surface area contributed by atoms with Crippen LogP contribution in [0.15, 0.2) is 0 Å². The highest BCUT2D eigenvalue weighted by Crippen LogP contribution is 2.23. The summed E-state index contributed by atoms with van der Waals surface area (Å²) in [4.78, 5) is 10.9. The highest BCUT2D eigenvalue weighted by molar-refractivity contribution is 5.88. The number of nitrogens with zero attached hydrogens (tertiary/aromatic N) is 1. The summed E-state index contributed by atoms with van der Waals surface area (Å²) < 4.78 is 0.813. The highest BCUT2D eigenvalue weighted by Gasteiger charge is 2.25. The van der Waals surface area contributed by atoms with Crippen LogP contribution in [0.25, 0.3) is 0 Å². The molecule has 1 aliphatic heterocycles. The zero-order valence-electron chi connectivity index (χ0n) is 7.87. The van der Waals surface area contributed by atoms with E-state index in [2.05, 4.69) is 5.32 Å². The number of fused-ring (bicyclic) bond motifs is 1. The van der Waals surface area contributed by atoms with Gasteiger partial charge in [0.25, 0.3) is 0 Å². The summed E-state index contributed by atoms with van der Waals surface area (Å²) in [5, 5.41) is 21.7. The minimum Gasteiger partial charge on any atom is -0.476 e. The summed E-state index contributed by atoms with van der Waals surface area (Å²) in [6.45, 7) is 3.13. The molecule has 0 spiro atoms. The van der Waals surface area contributed by atoms with E-state index < -0.39 is 5.97 Å². The standard InChI is InChI=1S/C9H12N2O3/c1-5-6-4-10-3-2-7(6)11(14)8(5)9(12)13/h10,14H,2-4H2,1H3,(H,12,13). The van der Waals surface area contributed by atoms with Crippen molar-refractivity contribution < 1.29 is 15.1 Å². The van der Waals surface area contributed by atoms with Crippen LogP contribution in [0.1, 0.15) is 27.3 Å². The molecule has 2 heterocycles. The molecule has 3 N–H and O–H groups in total.